The molecule has 0 aromatic carbocycles. The molecular formula is C12H17N3S2. The van der Waals surface area contributed by atoms with Gasteiger partial charge in [-0.3, -0.25) is 4.90 Å². The maximum Gasteiger partial charge on any atom is 0.0795 e. The fourth-order valence-corrected chi connectivity index (χ4v) is 2.79. The van der Waals surface area contributed by atoms with Crippen LogP contribution in [0.2, 0.25) is 0 Å². The number of thiophene rings is 1. The third-order valence-electron chi connectivity index (χ3n) is 2.47. The standard InChI is InChI=1S/C12H17N3S2/c1-15(8-11-9-16-10-14-11)5-4-13-7-12-3-2-6-17-12/h2-3,6,9-10,13H,4-5,7-8H2,1H3. The number of thiazole rings is 1. The summed E-state index contributed by atoms with van der Waals surface area (Å²) in [4.78, 5) is 7.97. The van der Waals surface area contributed by atoms with Gasteiger partial charge < -0.3 is 5.32 Å². The molecule has 0 radical (unpaired) electrons. The molecule has 0 amide bonds. The average molecular weight is 267 g/mol. The van der Waals surface area contributed by atoms with Gasteiger partial charge in [0.25, 0.3) is 0 Å². The summed E-state index contributed by atoms with van der Waals surface area (Å²) in [7, 11) is 2.13. The van der Waals surface area contributed by atoms with Crippen LogP contribution in [0.1, 0.15) is 10.6 Å². The van der Waals surface area contributed by atoms with Crippen molar-refractivity contribution in [3.8, 4) is 0 Å². The lowest BCUT2D eigenvalue weighted by atomic mass is 10.4. The number of aromatic nitrogens is 1. The van der Waals surface area contributed by atoms with Crippen molar-refractivity contribution in [3.63, 3.8) is 0 Å². The summed E-state index contributed by atoms with van der Waals surface area (Å²) in [5.74, 6) is 0. The fourth-order valence-electron chi connectivity index (χ4n) is 1.57. The minimum atomic E-state index is 0.935. The van der Waals surface area contributed by atoms with E-state index in [0.717, 1.165) is 31.9 Å². The van der Waals surface area contributed by atoms with E-state index in [4.69, 9.17) is 0 Å². The van der Waals surface area contributed by atoms with E-state index in [9.17, 15) is 0 Å². The number of rotatable bonds is 7. The molecule has 0 aliphatic carbocycles. The minimum Gasteiger partial charge on any atom is -0.311 e. The van der Waals surface area contributed by atoms with Gasteiger partial charge in [0, 0.05) is 36.4 Å². The molecule has 92 valence electrons. The molecule has 0 aliphatic rings. The second-order valence-electron chi connectivity index (χ2n) is 3.97. The number of nitrogens with one attached hydrogen (secondary N) is 1. The van der Waals surface area contributed by atoms with E-state index in [1.807, 2.05) is 5.51 Å². The van der Waals surface area contributed by atoms with Crippen LogP contribution in [0.25, 0.3) is 0 Å². The highest BCUT2D eigenvalue weighted by Gasteiger charge is 2.01. The van der Waals surface area contributed by atoms with Gasteiger partial charge in [0.05, 0.1) is 11.2 Å². The number of likely N-dealkylation sites (N-methyl/N-ethyl adjacent to an activating group) is 1. The Labute approximate surface area is 110 Å². The lowest BCUT2D eigenvalue weighted by Crippen LogP contribution is -2.28. The van der Waals surface area contributed by atoms with Crippen LogP contribution in [0.15, 0.2) is 28.4 Å². The summed E-state index contributed by atoms with van der Waals surface area (Å²) in [5.41, 5.74) is 3.05. The quantitative estimate of drug-likeness (QED) is 0.781. The lowest BCUT2D eigenvalue weighted by molar-refractivity contribution is 0.321. The Balaban J connectivity index is 1.58. The van der Waals surface area contributed by atoms with E-state index in [2.05, 4.69) is 45.1 Å². The van der Waals surface area contributed by atoms with E-state index in [-0.39, 0.29) is 0 Å². The van der Waals surface area contributed by atoms with Crippen LogP contribution in [0.4, 0.5) is 0 Å². The third kappa shape index (κ3) is 4.55. The summed E-state index contributed by atoms with van der Waals surface area (Å²) < 4.78 is 0. The molecular weight excluding hydrogens is 250 g/mol. The van der Waals surface area contributed by atoms with E-state index in [1.165, 1.54) is 4.88 Å². The van der Waals surface area contributed by atoms with Crippen molar-refractivity contribution in [3.05, 3.63) is 39.0 Å². The molecule has 0 unspecified atom stereocenters. The van der Waals surface area contributed by atoms with Crippen LogP contribution in [0.3, 0.4) is 0 Å². The molecule has 5 heteroatoms. The number of hydrogen-bond donors (Lipinski definition) is 1. The highest BCUT2D eigenvalue weighted by molar-refractivity contribution is 7.09. The van der Waals surface area contributed by atoms with Crippen molar-refractivity contribution in [2.45, 2.75) is 13.1 Å². The highest BCUT2D eigenvalue weighted by Crippen LogP contribution is 2.07. The van der Waals surface area contributed by atoms with Gasteiger partial charge in [0.2, 0.25) is 0 Å². The second kappa shape index (κ2) is 6.86. The van der Waals surface area contributed by atoms with Crippen LogP contribution in [0.5, 0.6) is 0 Å². The normalized spacial score (nSPS) is 11.2. The van der Waals surface area contributed by atoms with Gasteiger partial charge in [-0.1, -0.05) is 6.07 Å². The highest BCUT2D eigenvalue weighted by atomic mass is 32.1. The van der Waals surface area contributed by atoms with Crippen LogP contribution in [-0.4, -0.2) is 30.0 Å². The maximum absolute atomic E-state index is 4.28. The largest absolute Gasteiger partial charge is 0.311 e. The Kier molecular flexibility index (Phi) is 5.12. The molecule has 1 N–H and O–H groups in total. The van der Waals surface area contributed by atoms with E-state index in [1.54, 1.807) is 22.7 Å². The first-order valence-corrected chi connectivity index (χ1v) is 7.45. The zero-order valence-electron chi connectivity index (χ0n) is 9.93. The number of hydrogen-bond acceptors (Lipinski definition) is 5. The summed E-state index contributed by atoms with van der Waals surface area (Å²) in [6, 6.07) is 4.26. The fraction of sp³-hybridized carbons (Fsp3) is 0.417. The van der Waals surface area contributed by atoms with Gasteiger partial charge in [-0.2, -0.15) is 0 Å². The van der Waals surface area contributed by atoms with E-state index >= 15 is 0 Å². The summed E-state index contributed by atoms with van der Waals surface area (Å²) >= 11 is 3.46. The zero-order chi connectivity index (χ0) is 11.9. The zero-order valence-corrected chi connectivity index (χ0v) is 11.6. The van der Waals surface area contributed by atoms with E-state index in [0.29, 0.717) is 0 Å². The average Bonchev–Trinajstić information content (AvgIpc) is 2.96. The van der Waals surface area contributed by atoms with Gasteiger partial charge in [-0.15, -0.1) is 22.7 Å². The first-order chi connectivity index (χ1) is 8.34. The van der Waals surface area contributed by atoms with Crippen molar-refractivity contribution in [2.24, 2.45) is 0 Å². The second-order valence-corrected chi connectivity index (χ2v) is 5.72. The molecule has 17 heavy (non-hydrogen) atoms. The molecule has 0 saturated carbocycles. The molecule has 2 heterocycles. The molecule has 0 aliphatic heterocycles. The Bertz CT molecular complexity index is 397. The minimum absolute atomic E-state index is 0.935. The van der Waals surface area contributed by atoms with Crippen LogP contribution >= 0.6 is 22.7 Å². The maximum atomic E-state index is 4.28. The first-order valence-electron chi connectivity index (χ1n) is 5.63. The van der Waals surface area contributed by atoms with Crippen LogP contribution < -0.4 is 5.32 Å². The molecule has 0 atom stereocenters. The van der Waals surface area contributed by atoms with Gasteiger partial charge in [-0.05, 0) is 18.5 Å². The predicted octanol–water partition coefficient (Wildman–Crippen LogP) is 2.43. The van der Waals surface area contributed by atoms with Crippen molar-refractivity contribution in [2.75, 3.05) is 20.1 Å². The molecule has 2 aromatic rings. The van der Waals surface area contributed by atoms with Crippen molar-refractivity contribution >= 4 is 22.7 Å². The first kappa shape index (κ1) is 12.7. The Morgan fingerprint density at radius 3 is 3.12 bits per heavy atom. The Hall–Kier alpha value is -0.750. The molecule has 0 bridgehead atoms. The molecule has 2 aromatic heterocycles. The summed E-state index contributed by atoms with van der Waals surface area (Å²) in [5, 5.41) is 7.67. The number of nitrogens with zero attached hydrogens (tertiary/aromatic N) is 2. The molecule has 0 fully saturated rings. The van der Waals surface area contributed by atoms with Crippen molar-refractivity contribution in [1.82, 2.24) is 15.2 Å². The van der Waals surface area contributed by atoms with Gasteiger partial charge in [0.15, 0.2) is 0 Å². The van der Waals surface area contributed by atoms with Crippen LogP contribution in [0, 0.1) is 0 Å². The molecule has 0 saturated heterocycles. The van der Waals surface area contributed by atoms with Gasteiger partial charge in [-0.25, -0.2) is 4.98 Å². The van der Waals surface area contributed by atoms with E-state index < -0.39 is 0 Å². The molecule has 2 rings (SSSR count). The summed E-state index contributed by atoms with van der Waals surface area (Å²) in [6.45, 7) is 3.97. The predicted molar refractivity (Wildman–Crippen MR) is 74.5 cm³/mol. The van der Waals surface area contributed by atoms with Gasteiger partial charge in [0.1, 0.15) is 0 Å². The SMILES string of the molecule is CN(CCNCc1cccs1)Cc1cscn1. The topological polar surface area (TPSA) is 28.2 Å². The van der Waals surface area contributed by atoms with Crippen LogP contribution in [-0.2, 0) is 13.1 Å². The lowest BCUT2D eigenvalue weighted by Gasteiger charge is -2.15. The van der Waals surface area contributed by atoms with Gasteiger partial charge >= 0.3 is 0 Å². The molecule has 3 nitrogen and oxygen atoms in total. The monoisotopic (exact) mass is 267 g/mol. The Morgan fingerprint density at radius 1 is 1.47 bits per heavy atom. The smallest absolute Gasteiger partial charge is 0.0795 e. The third-order valence-corrected chi connectivity index (χ3v) is 3.98. The molecule has 0 spiro atoms. The van der Waals surface area contributed by atoms with Crippen molar-refractivity contribution in [1.29, 1.82) is 0 Å². The van der Waals surface area contributed by atoms with Crippen molar-refractivity contribution < 1.29 is 0 Å². The summed E-state index contributed by atoms with van der Waals surface area (Å²) in [6.07, 6.45) is 0. The Morgan fingerprint density at radius 2 is 2.41 bits per heavy atom.